The number of amides is 1. The van der Waals surface area contributed by atoms with Gasteiger partial charge in [0.15, 0.2) is 0 Å². The van der Waals surface area contributed by atoms with Crippen LogP contribution < -0.4 is 5.73 Å². The highest BCUT2D eigenvalue weighted by atomic mass is 16.3. The van der Waals surface area contributed by atoms with Crippen LogP contribution in [0.15, 0.2) is 0 Å². The van der Waals surface area contributed by atoms with Crippen molar-refractivity contribution in [2.24, 2.45) is 5.73 Å². The first-order valence-electron chi connectivity index (χ1n) is 3.77. The Labute approximate surface area is 67.0 Å². The van der Waals surface area contributed by atoms with Gasteiger partial charge in [0.2, 0.25) is 5.91 Å². The van der Waals surface area contributed by atoms with Gasteiger partial charge < -0.3 is 15.7 Å². The average molecular weight is 160 g/mol. The van der Waals surface area contributed by atoms with Gasteiger partial charge in [-0.25, -0.2) is 0 Å². The second-order valence-corrected chi connectivity index (χ2v) is 2.43. The number of rotatable bonds is 5. The number of hydrogen-bond donors (Lipinski definition) is 2. The Morgan fingerprint density at radius 2 is 2.27 bits per heavy atom. The SMILES string of the molecule is CN(CCO)C(=O)CCCN. The molecule has 0 aliphatic carbocycles. The van der Waals surface area contributed by atoms with Gasteiger partial charge >= 0.3 is 0 Å². The van der Waals surface area contributed by atoms with E-state index in [2.05, 4.69) is 0 Å². The summed E-state index contributed by atoms with van der Waals surface area (Å²) in [6, 6.07) is 0. The molecule has 0 aromatic carbocycles. The van der Waals surface area contributed by atoms with Crippen molar-refractivity contribution in [3.63, 3.8) is 0 Å². The molecule has 0 radical (unpaired) electrons. The summed E-state index contributed by atoms with van der Waals surface area (Å²) in [7, 11) is 1.68. The minimum Gasteiger partial charge on any atom is -0.395 e. The maximum atomic E-state index is 11.1. The van der Waals surface area contributed by atoms with Crippen molar-refractivity contribution in [1.82, 2.24) is 4.90 Å². The predicted octanol–water partition coefficient (Wildman–Crippen LogP) is -0.824. The summed E-state index contributed by atoms with van der Waals surface area (Å²) >= 11 is 0. The van der Waals surface area contributed by atoms with E-state index in [9.17, 15) is 4.79 Å². The molecule has 0 bridgehead atoms. The first-order chi connectivity index (χ1) is 5.22. The second kappa shape index (κ2) is 6.12. The van der Waals surface area contributed by atoms with Gasteiger partial charge in [0.25, 0.3) is 0 Å². The van der Waals surface area contributed by atoms with Gasteiger partial charge in [-0.2, -0.15) is 0 Å². The Bertz CT molecular complexity index is 117. The van der Waals surface area contributed by atoms with Crippen LogP contribution in [0.25, 0.3) is 0 Å². The maximum Gasteiger partial charge on any atom is 0.222 e. The van der Waals surface area contributed by atoms with E-state index < -0.39 is 0 Å². The van der Waals surface area contributed by atoms with E-state index in [-0.39, 0.29) is 12.5 Å². The van der Waals surface area contributed by atoms with Gasteiger partial charge in [0.1, 0.15) is 0 Å². The first kappa shape index (κ1) is 10.4. The third kappa shape index (κ3) is 4.75. The van der Waals surface area contributed by atoms with Crippen molar-refractivity contribution >= 4 is 5.91 Å². The molecule has 0 saturated carbocycles. The van der Waals surface area contributed by atoms with Gasteiger partial charge in [0, 0.05) is 20.0 Å². The summed E-state index contributed by atoms with van der Waals surface area (Å²) in [6.45, 7) is 0.965. The largest absolute Gasteiger partial charge is 0.395 e. The number of hydrogen-bond acceptors (Lipinski definition) is 3. The second-order valence-electron chi connectivity index (χ2n) is 2.43. The van der Waals surface area contributed by atoms with E-state index in [1.165, 1.54) is 4.90 Å². The van der Waals surface area contributed by atoms with Crippen molar-refractivity contribution in [3.05, 3.63) is 0 Å². The molecule has 0 aromatic rings. The fourth-order valence-corrected chi connectivity index (χ4v) is 0.719. The van der Waals surface area contributed by atoms with Crippen molar-refractivity contribution in [2.75, 3.05) is 26.7 Å². The average Bonchev–Trinajstić information content (AvgIpc) is 2.00. The van der Waals surface area contributed by atoms with Gasteiger partial charge in [0.05, 0.1) is 6.61 Å². The molecular formula is C7H16N2O2. The fraction of sp³-hybridized carbons (Fsp3) is 0.857. The molecule has 0 aliphatic rings. The number of aliphatic hydroxyl groups excluding tert-OH is 1. The van der Waals surface area contributed by atoms with E-state index in [0.717, 1.165) is 0 Å². The molecule has 0 aromatic heterocycles. The minimum absolute atomic E-state index is 0.0187. The lowest BCUT2D eigenvalue weighted by molar-refractivity contribution is -0.130. The molecule has 4 heteroatoms. The molecule has 1 amide bonds. The minimum atomic E-state index is 0.0187. The zero-order chi connectivity index (χ0) is 8.69. The third-order valence-corrected chi connectivity index (χ3v) is 1.46. The van der Waals surface area contributed by atoms with Crippen molar-refractivity contribution < 1.29 is 9.90 Å². The molecule has 11 heavy (non-hydrogen) atoms. The molecule has 0 unspecified atom stereocenters. The molecule has 0 saturated heterocycles. The molecule has 0 rings (SSSR count). The highest BCUT2D eigenvalue weighted by Crippen LogP contribution is 1.92. The molecular weight excluding hydrogens is 144 g/mol. The lowest BCUT2D eigenvalue weighted by Gasteiger charge is -2.14. The molecule has 0 spiro atoms. The lowest BCUT2D eigenvalue weighted by Crippen LogP contribution is -2.29. The number of carbonyl (C=O) groups excluding carboxylic acids is 1. The van der Waals surface area contributed by atoms with E-state index in [4.69, 9.17) is 10.8 Å². The summed E-state index contributed by atoms with van der Waals surface area (Å²) in [5.41, 5.74) is 5.23. The molecule has 0 atom stereocenters. The maximum absolute atomic E-state index is 11.1. The van der Waals surface area contributed by atoms with Crippen molar-refractivity contribution in [1.29, 1.82) is 0 Å². The quantitative estimate of drug-likeness (QED) is 0.552. The zero-order valence-corrected chi connectivity index (χ0v) is 6.92. The molecule has 4 nitrogen and oxygen atoms in total. The smallest absolute Gasteiger partial charge is 0.222 e. The predicted molar refractivity (Wildman–Crippen MR) is 43.0 cm³/mol. The summed E-state index contributed by atoms with van der Waals surface area (Å²) in [4.78, 5) is 12.6. The number of nitrogens with two attached hydrogens (primary N) is 1. The summed E-state index contributed by atoms with van der Waals surface area (Å²) in [5, 5.41) is 8.49. The molecule has 0 aliphatic heterocycles. The number of nitrogens with zero attached hydrogens (tertiary/aromatic N) is 1. The number of carbonyl (C=O) groups is 1. The van der Waals surface area contributed by atoms with Crippen LogP contribution in [0, 0.1) is 0 Å². The van der Waals surface area contributed by atoms with Gasteiger partial charge in [-0.1, -0.05) is 0 Å². The van der Waals surface area contributed by atoms with Crippen LogP contribution in [-0.4, -0.2) is 42.7 Å². The van der Waals surface area contributed by atoms with E-state index in [1.807, 2.05) is 0 Å². The molecule has 0 fully saturated rings. The summed E-state index contributed by atoms with van der Waals surface area (Å²) in [6.07, 6.45) is 1.20. The Kier molecular flexibility index (Phi) is 5.78. The Morgan fingerprint density at radius 3 is 2.73 bits per heavy atom. The van der Waals surface area contributed by atoms with Crippen LogP contribution in [0.1, 0.15) is 12.8 Å². The Hall–Kier alpha value is -0.610. The topological polar surface area (TPSA) is 66.6 Å². The molecule has 0 heterocycles. The van der Waals surface area contributed by atoms with Gasteiger partial charge in [-0.15, -0.1) is 0 Å². The fourth-order valence-electron chi connectivity index (χ4n) is 0.719. The van der Waals surface area contributed by atoms with Crippen LogP contribution in [-0.2, 0) is 4.79 Å². The highest BCUT2D eigenvalue weighted by Gasteiger charge is 2.05. The van der Waals surface area contributed by atoms with Crippen LogP contribution >= 0.6 is 0 Å². The van der Waals surface area contributed by atoms with Gasteiger partial charge in [-0.3, -0.25) is 4.79 Å². The monoisotopic (exact) mass is 160 g/mol. The first-order valence-corrected chi connectivity index (χ1v) is 3.77. The summed E-state index contributed by atoms with van der Waals surface area (Å²) < 4.78 is 0. The number of aliphatic hydroxyl groups is 1. The Morgan fingerprint density at radius 1 is 1.64 bits per heavy atom. The van der Waals surface area contributed by atoms with E-state index in [0.29, 0.717) is 25.9 Å². The van der Waals surface area contributed by atoms with Crippen LogP contribution in [0.5, 0.6) is 0 Å². The van der Waals surface area contributed by atoms with Crippen molar-refractivity contribution in [3.8, 4) is 0 Å². The number of likely N-dealkylation sites (N-methyl/N-ethyl adjacent to an activating group) is 1. The summed E-state index contributed by atoms with van der Waals surface area (Å²) in [5.74, 6) is 0.0458. The van der Waals surface area contributed by atoms with Crippen molar-refractivity contribution in [2.45, 2.75) is 12.8 Å². The molecule has 66 valence electrons. The Balaban J connectivity index is 3.47. The van der Waals surface area contributed by atoms with Crippen LogP contribution in [0.3, 0.4) is 0 Å². The normalized spacial score (nSPS) is 9.73. The standard InChI is InChI=1S/C7H16N2O2/c1-9(5-6-10)7(11)3-2-4-8/h10H,2-6,8H2,1H3. The van der Waals surface area contributed by atoms with Crippen LogP contribution in [0.2, 0.25) is 0 Å². The zero-order valence-electron chi connectivity index (χ0n) is 6.92. The third-order valence-electron chi connectivity index (χ3n) is 1.46. The van der Waals surface area contributed by atoms with E-state index >= 15 is 0 Å². The van der Waals surface area contributed by atoms with Gasteiger partial charge in [-0.05, 0) is 13.0 Å². The highest BCUT2D eigenvalue weighted by molar-refractivity contribution is 5.75. The van der Waals surface area contributed by atoms with Crippen LogP contribution in [0.4, 0.5) is 0 Å². The van der Waals surface area contributed by atoms with E-state index in [1.54, 1.807) is 7.05 Å². The molecule has 3 N–H and O–H groups in total. The lowest BCUT2D eigenvalue weighted by atomic mass is 10.3.